The van der Waals surface area contributed by atoms with E-state index in [-0.39, 0.29) is 12.0 Å². The number of rotatable bonds is 3. The van der Waals surface area contributed by atoms with Gasteiger partial charge in [-0.2, -0.15) is 0 Å². The van der Waals surface area contributed by atoms with Gasteiger partial charge in [0.2, 0.25) is 0 Å². The fraction of sp³-hybridized carbons (Fsp3) is 0.105. The maximum Gasteiger partial charge on any atom is 0.126 e. The number of benzene rings is 2. The van der Waals surface area contributed by atoms with Crippen molar-refractivity contribution in [2.75, 3.05) is 0 Å². The Balaban J connectivity index is 1.91. The second-order valence-corrected chi connectivity index (χ2v) is 4.78. The molecule has 0 saturated heterocycles. The van der Waals surface area contributed by atoms with E-state index in [0.29, 0.717) is 0 Å². The zero-order valence-electron chi connectivity index (χ0n) is 14.4. The fourth-order valence-corrected chi connectivity index (χ4v) is 2.23. The van der Waals surface area contributed by atoms with Gasteiger partial charge in [-0.25, -0.2) is 4.39 Å². The van der Waals surface area contributed by atoms with E-state index >= 15 is 0 Å². The van der Waals surface area contributed by atoms with Crippen molar-refractivity contribution < 1.29 is 8.50 Å². The van der Waals surface area contributed by atoms with E-state index < -0.39 is 12.7 Å². The van der Waals surface area contributed by atoms with E-state index in [1.54, 1.807) is 18.3 Å². The molecule has 1 aromatic heterocycles. The van der Waals surface area contributed by atoms with E-state index in [1.807, 2.05) is 42.5 Å². The van der Waals surface area contributed by atoms with Crippen LogP contribution in [0.3, 0.4) is 0 Å². The van der Waals surface area contributed by atoms with Gasteiger partial charge in [0, 0.05) is 21.4 Å². The molecule has 0 saturated carbocycles. The molecule has 0 aliphatic heterocycles. The minimum Gasteiger partial charge on any atom is -0.256 e. The molecule has 0 fully saturated rings. The van der Waals surface area contributed by atoms with Crippen LogP contribution in [0.25, 0.3) is 22.4 Å². The van der Waals surface area contributed by atoms with E-state index in [4.69, 9.17) is 4.11 Å². The Morgan fingerprint density at radius 2 is 1.76 bits per heavy atom. The third-order valence-corrected chi connectivity index (χ3v) is 3.40. The van der Waals surface area contributed by atoms with Crippen LogP contribution in [-0.2, 0) is 6.42 Å². The van der Waals surface area contributed by atoms with Crippen LogP contribution in [0.2, 0.25) is 0 Å². The van der Waals surface area contributed by atoms with Crippen LogP contribution in [0.4, 0.5) is 4.39 Å². The summed E-state index contributed by atoms with van der Waals surface area (Å²) in [7, 11) is 0. The standard InChI is InChI=1S/C19H16FN/c1-2-14-12-16(8-10-18(14)20)17-9-11-19(21-13-17)15-6-4-3-5-7-15/h3-13H,2H2,1H3/i1D3. The molecule has 21 heavy (non-hydrogen) atoms. The molecule has 0 radical (unpaired) electrons. The average Bonchev–Trinajstić information content (AvgIpc) is 2.57. The highest BCUT2D eigenvalue weighted by molar-refractivity contribution is 5.67. The molecule has 3 aromatic rings. The van der Waals surface area contributed by atoms with Gasteiger partial charge in [-0.05, 0) is 35.7 Å². The molecule has 0 aliphatic carbocycles. The van der Waals surface area contributed by atoms with Gasteiger partial charge in [0.25, 0.3) is 0 Å². The average molecular weight is 280 g/mol. The van der Waals surface area contributed by atoms with Gasteiger partial charge in [0.15, 0.2) is 0 Å². The maximum absolute atomic E-state index is 13.8. The highest BCUT2D eigenvalue weighted by Gasteiger charge is 2.05. The molecule has 0 aliphatic rings. The Hall–Kier alpha value is -2.48. The van der Waals surface area contributed by atoms with E-state index in [9.17, 15) is 4.39 Å². The van der Waals surface area contributed by atoms with Crippen molar-refractivity contribution in [3.63, 3.8) is 0 Å². The summed E-state index contributed by atoms with van der Waals surface area (Å²) in [4.78, 5) is 4.45. The first-order valence-corrected chi connectivity index (χ1v) is 6.73. The summed E-state index contributed by atoms with van der Waals surface area (Å²) in [5.41, 5.74) is 3.64. The molecular weight excluding hydrogens is 261 g/mol. The number of halogens is 1. The van der Waals surface area contributed by atoms with Gasteiger partial charge in [0.05, 0.1) is 5.69 Å². The lowest BCUT2D eigenvalue weighted by atomic mass is 10.0. The van der Waals surface area contributed by atoms with E-state index in [2.05, 4.69) is 4.98 Å². The van der Waals surface area contributed by atoms with Gasteiger partial charge in [-0.15, -0.1) is 0 Å². The quantitative estimate of drug-likeness (QED) is 0.649. The summed E-state index contributed by atoms with van der Waals surface area (Å²) in [5, 5.41) is 0. The van der Waals surface area contributed by atoms with Crippen molar-refractivity contribution >= 4 is 0 Å². The highest BCUT2D eigenvalue weighted by atomic mass is 19.1. The number of pyridine rings is 1. The normalized spacial score (nSPS) is 13.3. The van der Waals surface area contributed by atoms with Crippen LogP contribution in [-0.4, -0.2) is 4.98 Å². The van der Waals surface area contributed by atoms with Crippen molar-refractivity contribution in [1.29, 1.82) is 0 Å². The monoisotopic (exact) mass is 280 g/mol. The van der Waals surface area contributed by atoms with Crippen LogP contribution >= 0.6 is 0 Å². The Morgan fingerprint density at radius 1 is 0.952 bits per heavy atom. The minimum absolute atomic E-state index is 0.194. The summed E-state index contributed by atoms with van der Waals surface area (Å²) in [6, 6.07) is 18.1. The molecule has 2 heteroatoms. The lowest BCUT2D eigenvalue weighted by Gasteiger charge is -2.06. The van der Waals surface area contributed by atoms with Crippen LogP contribution in [0, 0.1) is 5.82 Å². The van der Waals surface area contributed by atoms with Crippen molar-refractivity contribution in [2.45, 2.75) is 13.3 Å². The summed E-state index contributed by atoms with van der Waals surface area (Å²) >= 11 is 0. The summed E-state index contributed by atoms with van der Waals surface area (Å²) in [6.45, 7) is -2.20. The van der Waals surface area contributed by atoms with Crippen LogP contribution in [0.5, 0.6) is 0 Å². The third kappa shape index (κ3) is 2.84. The molecule has 0 unspecified atom stereocenters. The Morgan fingerprint density at radius 3 is 2.48 bits per heavy atom. The fourth-order valence-electron chi connectivity index (χ4n) is 2.23. The Kier molecular flexibility index (Phi) is 2.88. The second kappa shape index (κ2) is 5.88. The first kappa shape index (κ1) is 10.3. The predicted molar refractivity (Wildman–Crippen MR) is 84.4 cm³/mol. The molecule has 3 rings (SSSR count). The van der Waals surface area contributed by atoms with Gasteiger partial charge >= 0.3 is 0 Å². The van der Waals surface area contributed by atoms with Crippen LogP contribution in [0.15, 0.2) is 66.9 Å². The highest BCUT2D eigenvalue weighted by Crippen LogP contribution is 2.24. The summed E-state index contributed by atoms with van der Waals surface area (Å²) < 4.78 is 35.8. The van der Waals surface area contributed by atoms with Gasteiger partial charge in [0.1, 0.15) is 5.82 Å². The van der Waals surface area contributed by atoms with Crippen molar-refractivity contribution in [3.05, 3.63) is 78.2 Å². The number of hydrogen-bond acceptors (Lipinski definition) is 1. The Labute approximate surface area is 128 Å². The van der Waals surface area contributed by atoms with Crippen molar-refractivity contribution in [3.8, 4) is 22.4 Å². The van der Waals surface area contributed by atoms with Crippen LogP contribution < -0.4 is 0 Å². The molecule has 104 valence electrons. The SMILES string of the molecule is [2H]C([2H])([2H])Cc1cc(-c2ccc(-c3ccccc3)nc2)ccc1F. The molecule has 0 atom stereocenters. The maximum atomic E-state index is 13.8. The molecule has 0 spiro atoms. The first-order chi connectivity index (χ1) is 11.4. The van der Waals surface area contributed by atoms with Gasteiger partial charge < -0.3 is 0 Å². The minimum atomic E-state index is -2.20. The zero-order chi connectivity index (χ0) is 17.2. The van der Waals surface area contributed by atoms with Crippen molar-refractivity contribution in [1.82, 2.24) is 4.98 Å². The third-order valence-electron chi connectivity index (χ3n) is 3.40. The summed E-state index contributed by atoms with van der Waals surface area (Å²) in [6.07, 6.45) is 1.43. The second-order valence-electron chi connectivity index (χ2n) is 4.78. The van der Waals surface area contributed by atoms with Gasteiger partial charge in [-0.1, -0.05) is 49.3 Å². The summed E-state index contributed by atoms with van der Waals surface area (Å²) in [5.74, 6) is -0.497. The smallest absolute Gasteiger partial charge is 0.126 e. The van der Waals surface area contributed by atoms with Crippen molar-refractivity contribution in [2.24, 2.45) is 0 Å². The molecule has 0 N–H and O–H groups in total. The molecule has 0 amide bonds. The molecule has 1 heterocycles. The largest absolute Gasteiger partial charge is 0.256 e. The topological polar surface area (TPSA) is 12.9 Å². The predicted octanol–water partition coefficient (Wildman–Crippen LogP) is 5.12. The lowest BCUT2D eigenvalue weighted by molar-refractivity contribution is 0.612. The first-order valence-electron chi connectivity index (χ1n) is 8.23. The number of aromatic nitrogens is 1. The number of aryl methyl sites for hydroxylation is 1. The molecule has 2 aromatic carbocycles. The molecular formula is C19H16FN. The van der Waals surface area contributed by atoms with E-state index in [1.165, 1.54) is 6.07 Å². The zero-order valence-corrected chi connectivity index (χ0v) is 11.4. The van der Waals surface area contributed by atoms with Crippen LogP contribution in [0.1, 0.15) is 16.5 Å². The van der Waals surface area contributed by atoms with E-state index in [0.717, 1.165) is 22.4 Å². The number of hydrogen-bond donors (Lipinski definition) is 0. The Bertz CT molecular complexity index is 827. The van der Waals surface area contributed by atoms with Gasteiger partial charge in [-0.3, -0.25) is 4.98 Å². The lowest BCUT2D eigenvalue weighted by Crippen LogP contribution is -1.90. The number of nitrogens with zero attached hydrogens (tertiary/aromatic N) is 1. The molecule has 0 bridgehead atoms. The molecule has 1 nitrogen and oxygen atoms in total.